The van der Waals surface area contributed by atoms with Crippen molar-refractivity contribution in [3.8, 4) is 11.1 Å². The van der Waals surface area contributed by atoms with Gasteiger partial charge in [0, 0.05) is 41.6 Å². The summed E-state index contributed by atoms with van der Waals surface area (Å²) in [5.74, 6) is -2.73. The second kappa shape index (κ2) is 11.4. The van der Waals surface area contributed by atoms with Crippen molar-refractivity contribution in [1.29, 1.82) is 0 Å². The average molecular weight is 611 g/mol. The Morgan fingerprint density at radius 3 is 2.34 bits per heavy atom. The van der Waals surface area contributed by atoms with Crippen LogP contribution in [0, 0.1) is 32.5 Å². The zero-order valence-corrected chi connectivity index (χ0v) is 24.7. The topological polar surface area (TPSA) is 110 Å². The number of benzene rings is 1. The molecular weight excluding hydrogens is 580 g/mol. The minimum absolute atomic E-state index is 0.00962. The molecule has 0 spiro atoms. The number of aryl methyl sites for hydroxylation is 3. The Morgan fingerprint density at radius 2 is 1.70 bits per heavy atom. The van der Waals surface area contributed by atoms with Crippen LogP contribution in [0.4, 0.5) is 23.4 Å². The summed E-state index contributed by atoms with van der Waals surface area (Å²) in [6.07, 6.45) is 0.238. The summed E-state index contributed by atoms with van der Waals surface area (Å²) in [5.41, 5.74) is 1.77. The van der Waals surface area contributed by atoms with Crippen LogP contribution in [0.5, 0.6) is 0 Å². The summed E-state index contributed by atoms with van der Waals surface area (Å²) in [5, 5.41) is 3.03. The molecule has 4 heterocycles. The van der Waals surface area contributed by atoms with Crippen molar-refractivity contribution in [1.82, 2.24) is 24.4 Å². The van der Waals surface area contributed by atoms with E-state index in [-0.39, 0.29) is 36.8 Å². The van der Waals surface area contributed by atoms with Crippen LogP contribution in [-0.2, 0) is 22.3 Å². The summed E-state index contributed by atoms with van der Waals surface area (Å²) in [7, 11) is 0. The van der Waals surface area contributed by atoms with E-state index in [0.29, 0.717) is 28.4 Å². The van der Waals surface area contributed by atoms with E-state index in [1.54, 1.807) is 30.1 Å². The molecule has 230 valence electrons. The largest absolute Gasteiger partial charge is 0.436 e. The van der Waals surface area contributed by atoms with Gasteiger partial charge in [0.05, 0.1) is 5.52 Å². The SMILES string of the molecule is CC(=O)c1cn(CC(=O)N2CC(C)CC2C(=O)Nc2nc(C(F)(F)F)c(F)cc2C)c2c(C)cc(-c3cnc(C)nc3)cc12. The molecule has 1 fully saturated rings. The van der Waals surface area contributed by atoms with Gasteiger partial charge < -0.3 is 14.8 Å². The van der Waals surface area contributed by atoms with Crippen molar-refractivity contribution in [3.63, 3.8) is 0 Å². The van der Waals surface area contributed by atoms with Crippen molar-refractivity contribution in [2.45, 2.75) is 59.8 Å². The Hall–Kier alpha value is -4.68. The lowest BCUT2D eigenvalue weighted by atomic mass is 10.0. The van der Waals surface area contributed by atoms with Crippen molar-refractivity contribution in [2.75, 3.05) is 11.9 Å². The number of nitrogens with one attached hydrogen (secondary N) is 1. The van der Waals surface area contributed by atoms with Crippen molar-refractivity contribution in [3.05, 3.63) is 70.8 Å². The summed E-state index contributed by atoms with van der Waals surface area (Å²) in [4.78, 5) is 52.8. The van der Waals surface area contributed by atoms with Crippen LogP contribution in [0.15, 0.2) is 36.8 Å². The Bertz CT molecular complexity index is 1800. The van der Waals surface area contributed by atoms with Gasteiger partial charge in [0.15, 0.2) is 17.3 Å². The monoisotopic (exact) mass is 610 g/mol. The predicted octanol–water partition coefficient (Wildman–Crippen LogP) is 5.65. The van der Waals surface area contributed by atoms with E-state index in [4.69, 9.17) is 0 Å². The molecule has 2 unspecified atom stereocenters. The molecule has 4 aromatic rings. The van der Waals surface area contributed by atoms with Gasteiger partial charge in [-0.25, -0.2) is 19.3 Å². The lowest BCUT2D eigenvalue weighted by molar-refractivity contribution is -0.143. The molecule has 0 saturated carbocycles. The molecule has 13 heteroatoms. The van der Waals surface area contributed by atoms with Gasteiger partial charge in [-0.05, 0) is 74.9 Å². The summed E-state index contributed by atoms with van der Waals surface area (Å²) >= 11 is 0. The third kappa shape index (κ3) is 5.90. The van der Waals surface area contributed by atoms with E-state index in [1.165, 1.54) is 18.7 Å². The number of pyridine rings is 1. The maximum atomic E-state index is 13.9. The molecule has 0 radical (unpaired) electrons. The number of rotatable bonds is 6. The number of nitrogens with zero attached hydrogens (tertiary/aromatic N) is 5. The fourth-order valence-electron chi connectivity index (χ4n) is 5.68. The Morgan fingerprint density at radius 1 is 1.02 bits per heavy atom. The fraction of sp³-hybridized carbons (Fsp3) is 0.355. The van der Waals surface area contributed by atoms with Crippen LogP contribution in [0.25, 0.3) is 22.0 Å². The highest BCUT2D eigenvalue weighted by Crippen LogP contribution is 2.34. The van der Waals surface area contributed by atoms with E-state index >= 15 is 0 Å². The first-order valence-electron chi connectivity index (χ1n) is 13.9. The van der Waals surface area contributed by atoms with Gasteiger partial charge in [-0.1, -0.05) is 6.92 Å². The van der Waals surface area contributed by atoms with Crippen LogP contribution >= 0.6 is 0 Å². The first kappa shape index (κ1) is 30.8. The standard InChI is InChI=1S/C31H30F4N6O3/c1-15-6-25(30(44)39-29-17(3)8-24(32)28(38-29)31(33,34)35)41(12-15)26(43)14-40-13-23(18(4)42)22-9-20(7-16(2)27(22)40)21-10-36-19(5)37-11-21/h7-11,13,15,25H,6,12,14H2,1-5H3,(H,38,39,44). The van der Waals surface area contributed by atoms with E-state index in [2.05, 4.69) is 20.3 Å². The minimum atomic E-state index is -5.05. The Kier molecular flexibility index (Phi) is 8.00. The lowest BCUT2D eigenvalue weighted by Gasteiger charge is -2.25. The fourth-order valence-corrected chi connectivity index (χ4v) is 5.68. The quantitative estimate of drug-likeness (QED) is 0.223. The average Bonchev–Trinajstić information content (AvgIpc) is 3.51. The highest BCUT2D eigenvalue weighted by Gasteiger charge is 2.40. The van der Waals surface area contributed by atoms with Gasteiger partial charge in [0.1, 0.15) is 24.2 Å². The zero-order chi connectivity index (χ0) is 32.1. The molecule has 1 aliphatic heterocycles. The first-order chi connectivity index (χ1) is 20.6. The van der Waals surface area contributed by atoms with Crippen LogP contribution in [0.3, 0.4) is 0 Å². The molecule has 0 bridgehead atoms. The molecular formula is C31H30F4N6O3. The molecule has 9 nitrogen and oxygen atoms in total. The molecule has 44 heavy (non-hydrogen) atoms. The summed E-state index contributed by atoms with van der Waals surface area (Å²) in [6.45, 7) is 8.34. The smallest absolute Gasteiger partial charge is 0.337 e. The molecule has 2 atom stereocenters. The van der Waals surface area contributed by atoms with Crippen LogP contribution in [0.1, 0.15) is 53.3 Å². The maximum Gasteiger partial charge on any atom is 0.436 e. The number of amides is 2. The first-order valence-corrected chi connectivity index (χ1v) is 13.9. The predicted molar refractivity (Wildman–Crippen MR) is 154 cm³/mol. The number of fused-ring (bicyclic) bond motifs is 1. The third-order valence-corrected chi connectivity index (χ3v) is 7.77. The number of carbonyl (C=O) groups excluding carboxylic acids is 3. The van der Waals surface area contributed by atoms with Gasteiger partial charge >= 0.3 is 6.18 Å². The van der Waals surface area contributed by atoms with Gasteiger partial charge in [-0.15, -0.1) is 0 Å². The zero-order valence-electron chi connectivity index (χ0n) is 24.7. The van der Waals surface area contributed by atoms with Gasteiger partial charge in [0.25, 0.3) is 0 Å². The molecule has 1 N–H and O–H groups in total. The maximum absolute atomic E-state index is 13.9. The second-order valence-electron chi connectivity index (χ2n) is 11.3. The minimum Gasteiger partial charge on any atom is -0.337 e. The van der Waals surface area contributed by atoms with Crippen molar-refractivity contribution >= 4 is 34.3 Å². The number of alkyl halides is 3. The molecule has 1 aliphatic rings. The molecule has 0 aliphatic carbocycles. The molecule has 1 aromatic carbocycles. The van der Waals surface area contributed by atoms with Crippen LogP contribution in [-0.4, -0.2) is 54.6 Å². The summed E-state index contributed by atoms with van der Waals surface area (Å²) < 4.78 is 55.3. The lowest BCUT2D eigenvalue weighted by Crippen LogP contribution is -2.44. The highest BCUT2D eigenvalue weighted by molar-refractivity contribution is 6.09. The number of ketones is 1. The number of hydrogen-bond donors (Lipinski definition) is 1. The number of anilines is 1. The number of likely N-dealkylation sites (tertiary alicyclic amines) is 1. The highest BCUT2D eigenvalue weighted by atomic mass is 19.4. The third-order valence-electron chi connectivity index (χ3n) is 7.77. The number of carbonyl (C=O) groups is 3. The molecule has 1 saturated heterocycles. The van der Waals surface area contributed by atoms with Gasteiger partial charge in [0.2, 0.25) is 11.8 Å². The molecule has 3 aromatic heterocycles. The van der Waals surface area contributed by atoms with Crippen LogP contribution < -0.4 is 5.32 Å². The Balaban J connectivity index is 1.43. The van der Waals surface area contributed by atoms with Gasteiger partial charge in [-0.3, -0.25) is 14.4 Å². The number of halogens is 4. The van der Waals surface area contributed by atoms with E-state index in [9.17, 15) is 31.9 Å². The van der Waals surface area contributed by atoms with Crippen molar-refractivity contribution in [2.24, 2.45) is 5.92 Å². The molecule has 5 rings (SSSR count). The number of aromatic nitrogens is 4. The number of Topliss-reactive ketones (excluding diaryl/α,β-unsaturated/α-hetero) is 1. The van der Waals surface area contributed by atoms with E-state index in [1.807, 2.05) is 26.0 Å². The van der Waals surface area contributed by atoms with E-state index in [0.717, 1.165) is 16.7 Å². The second-order valence-corrected chi connectivity index (χ2v) is 11.3. The Labute approximate surface area is 250 Å². The normalized spacial score (nSPS) is 16.9. The molecule has 2 amide bonds. The van der Waals surface area contributed by atoms with Crippen molar-refractivity contribution < 1.29 is 31.9 Å². The number of hydrogen-bond acceptors (Lipinski definition) is 6. The van der Waals surface area contributed by atoms with Gasteiger partial charge in [-0.2, -0.15) is 13.2 Å². The van der Waals surface area contributed by atoms with Crippen LogP contribution in [0.2, 0.25) is 0 Å². The summed E-state index contributed by atoms with van der Waals surface area (Å²) in [6, 6.07) is 3.45. The van der Waals surface area contributed by atoms with E-state index < -0.39 is 41.4 Å².